The quantitative estimate of drug-likeness (QED) is 0.635. The highest BCUT2D eigenvalue weighted by molar-refractivity contribution is 5.96. The average Bonchev–Trinajstić information content (AvgIpc) is 3.27. The number of pyridine rings is 1. The third-order valence-corrected chi connectivity index (χ3v) is 5.01. The molecule has 0 atom stereocenters. The summed E-state index contributed by atoms with van der Waals surface area (Å²) in [5.41, 5.74) is 4.69. The standard InChI is InChI=1S/C19H13NO4/c1-2-12-11-3-4-15-19(24-9-21-15)14(11)7-20-18(12)13-6-17-16(5-10(1)13)22-8-23-17/h3-7H,1-2,8-9H2. The SMILES string of the molecule is c1c2c(cc3c1OCO3)-c1ncc3c4c(ccc3c1CC2)OCO4. The highest BCUT2D eigenvalue weighted by atomic mass is 16.7. The van der Waals surface area contributed by atoms with E-state index in [2.05, 4.69) is 18.2 Å². The molecule has 0 N–H and O–H groups in total. The van der Waals surface area contributed by atoms with Crippen LogP contribution in [0.2, 0.25) is 0 Å². The van der Waals surface area contributed by atoms with Crippen molar-refractivity contribution in [3.63, 3.8) is 0 Å². The lowest BCUT2D eigenvalue weighted by molar-refractivity contribution is 0.174. The Balaban J connectivity index is 1.63. The molecule has 0 spiro atoms. The Kier molecular flexibility index (Phi) is 2.24. The second-order valence-electron chi connectivity index (χ2n) is 6.21. The van der Waals surface area contributed by atoms with Gasteiger partial charge in [0, 0.05) is 17.1 Å². The van der Waals surface area contributed by atoms with Crippen LogP contribution in [0.3, 0.4) is 0 Å². The van der Waals surface area contributed by atoms with Crippen molar-refractivity contribution in [1.29, 1.82) is 0 Å². The maximum absolute atomic E-state index is 5.63. The van der Waals surface area contributed by atoms with Crippen molar-refractivity contribution in [1.82, 2.24) is 4.98 Å². The van der Waals surface area contributed by atoms with Gasteiger partial charge in [0.1, 0.15) is 0 Å². The van der Waals surface area contributed by atoms with Gasteiger partial charge < -0.3 is 18.9 Å². The van der Waals surface area contributed by atoms with Crippen LogP contribution in [0.15, 0.2) is 30.5 Å². The molecule has 1 aromatic heterocycles. The lowest BCUT2D eigenvalue weighted by Gasteiger charge is -2.21. The van der Waals surface area contributed by atoms with Crippen LogP contribution in [-0.4, -0.2) is 18.6 Å². The Hall–Kier alpha value is -2.95. The van der Waals surface area contributed by atoms with Gasteiger partial charge in [-0.15, -0.1) is 0 Å². The van der Waals surface area contributed by atoms with E-state index in [1.807, 2.05) is 12.3 Å². The van der Waals surface area contributed by atoms with Gasteiger partial charge in [-0.25, -0.2) is 0 Å². The Morgan fingerprint density at radius 2 is 1.62 bits per heavy atom. The van der Waals surface area contributed by atoms with Gasteiger partial charge in [-0.1, -0.05) is 6.07 Å². The summed E-state index contributed by atoms with van der Waals surface area (Å²) >= 11 is 0. The molecule has 5 heteroatoms. The third kappa shape index (κ3) is 1.51. The predicted molar refractivity (Wildman–Crippen MR) is 86.8 cm³/mol. The van der Waals surface area contributed by atoms with Gasteiger partial charge in [-0.3, -0.25) is 4.98 Å². The highest BCUT2D eigenvalue weighted by Gasteiger charge is 2.26. The lowest BCUT2D eigenvalue weighted by Crippen LogP contribution is -2.06. The molecule has 6 rings (SSSR count). The van der Waals surface area contributed by atoms with E-state index in [-0.39, 0.29) is 6.79 Å². The Bertz CT molecular complexity index is 1030. The van der Waals surface area contributed by atoms with E-state index < -0.39 is 0 Å². The van der Waals surface area contributed by atoms with Gasteiger partial charge in [-0.05, 0) is 47.6 Å². The topological polar surface area (TPSA) is 49.8 Å². The van der Waals surface area contributed by atoms with Crippen molar-refractivity contribution in [3.05, 3.63) is 41.6 Å². The molecule has 3 heterocycles. The fourth-order valence-electron chi connectivity index (χ4n) is 3.88. The van der Waals surface area contributed by atoms with Gasteiger partial charge in [0.2, 0.25) is 13.6 Å². The van der Waals surface area contributed by atoms with Crippen LogP contribution in [0.4, 0.5) is 0 Å². The molecular formula is C19H13NO4. The summed E-state index contributed by atoms with van der Waals surface area (Å²) in [5.74, 6) is 3.23. The molecule has 0 saturated heterocycles. The predicted octanol–water partition coefficient (Wildman–Crippen LogP) is 3.46. The van der Waals surface area contributed by atoms with Crippen molar-refractivity contribution >= 4 is 10.8 Å². The molecule has 0 unspecified atom stereocenters. The van der Waals surface area contributed by atoms with Crippen molar-refractivity contribution in [2.45, 2.75) is 12.8 Å². The summed E-state index contributed by atoms with van der Waals surface area (Å²) < 4.78 is 22.2. The summed E-state index contributed by atoms with van der Waals surface area (Å²) in [6, 6.07) is 8.25. The summed E-state index contributed by atoms with van der Waals surface area (Å²) in [7, 11) is 0. The zero-order valence-corrected chi connectivity index (χ0v) is 12.8. The fourth-order valence-corrected chi connectivity index (χ4v) is 3.88. The van der Waals surface area contributed by atoms with Crippen LogP contribution >= 0.6 is 0 Å². The fraction of sp³-hybridized carbons (Fsp3) is 0.211. The zero-order chi connectivity index (χ0) is 15.7. The number of aryl methyl sites for hydroxylation is 2. The largest absolute Gasteiger partial charge is 0.454 e. The maximum Gasteiger partial charge on any atom is 0.231 e. The van der Waals surface area contributed by atoms with Crippen LogP contribution in [-0.2, 0) is 12.8 Å². The number of ether oxygens (including phenoxy) is 4. The molecule has 3 aliphatic rings. The van der Waals surface area contributed by atoms with Gasteiger partial charge in [-0.2, -0.15) is 0 Å². The normalized spacial score (nSPS) is 16.2. The molecule has 0 fully saturated rings. The molecular weight excluding hydrogens is 306 g/mol. The summed E-state index contributed by atoms with van der Waals surface area (Å²) in [6.07, 6.45) is 3.81. The van der Waals surface area contributed by atoms with Crippen molar-refractivity contribution in [3.8, 4) is 34.3 Å². The minimum absolute atomic E-state index is 0.276. The van der Waals surface area contributed by atoms with Crippen molar-refractivity contribution in [2.24, 2.45) is 0 Å². The molecule has 2 aromatic carbocycles. The van der Waals surface area contributed by atoms with Gasteiger partial charge in [0.25, 0.3) is 0 Å². The van der Waals surface area contributed by atoms with E-state index >= 15 is 0 Å². The summed E-state index contributed by atoms with van der Waals surface area (Å²) in [4.78, 5) is 4.76. The van der Waals surface area contributed by atoms with E-state index in [1.54, 1.807) is 0 Å². The molecule has 0 radical (unpaired) electrons. The summed E-state index contributed by atoms with van der Waals surface area (Å²) in [5, 5.41) is 2.21. The summed E-state index contributed by atoms with van der Waals surface area (Å²) in [6.45, 7) is 0.567. The third-order valence-electron chi connectivity index (χ3n) is 5.01. The smallest absolute Gasteiger partial charge is 0.231 e. The van der Waals surface area contributed by atoms with E-state index in [0.29, 0.717) is 6.79 Å². The van der Waals surface area contributed by atoms with E-state index in [0.717, 1.165) is 52.5 Å². The van der Waals surface area contributed by atoms with Gasteiger partial charge >= 0.3 is 0 Å². The van der Waals surface area contributed by atoms with E-state index in [1.165, 1.54) is 16.5 Å². The second-order valence-corrected chi connectivity index (χ2v) is 6.21. The Morgan fingerprint density at radius 3 is 2.58 bits per heavy atom. The number of rotatable bonds is 0. The lowest BCUT2D eigenvalue weighted by atomic mass is 9.86. The number of hydrogen-bond acceptors (Lipinski definition) is 5. The molecule has 0 amide bonds. The zero-order valence-electron chi connectivity index (χ0n) is 12.8. The first-order valence-electron chi connectivity index (χ1n) is 8.01. The first-order chi connectivity index (χ1) is 11.9. The monoisotopic (exact) mass is 319 g/mol. The van der Waals surface area contributed by atoms with Crippen LogP contribution in [0.1, 0.15) is 11.1 Å². The van der Waals surface area contributed by atoms with E-state index in [9.17, 15) is 0 Å². The van der Waals surface area contributed by atoms with Gasteiger partial charge in [0.15, 0.2) is 23.0 Å². The van der Waals surface area contributed by atoms with Crippen LogP contribution in [0.25, 0.3) is 22.0 Å². The molecule has 1 aliphatic carbocycles. The number of benzene rings is 2. The molecule has 24 heavy (non-hydrogen) atoms. The minimum atomic E-state index is 0.276. The van der Waals surface area contributed by atoms with Crippen molar-refractivity contribution in [2.75, 3.05) is 13.6 Å². The first-order valence-corrected chi connectivity index (χ1v) is 8.01. The highest BCUT2D eigenvalue weighted by Crippen LogP contribution is 2.46. The maximum atomic E-state index is 5.63. The number of hydrogen-bond donors (Lipinski definition) is 0. The molecule has 5 nitrogen and oxygen atoms in total. The average molecular weight is 319 g/mol. The van der Waals surface area contributed by atoms with Crippen LogP contribution < -0.4 is 18.9 Å². The Labute approximate surface area is 137 Å². The second kappa shape index (κ2) is 4.32. The number of fused-ring (bicyclic) bond motifs is 8. The minimum Gasteiger partial charge on any atom is -0.454 e. The molecule has 3 aromatic rings. The molecule has 2 aliphatic heterocycles. The number of nitrogens with zero attached hydrogens (tertiary/aromatic N) is 1. The van der Waals surface area contributed by atoms with Crippen LogP contribution in [0.5, 0.6) is 23.0 Å². The molecule has 0 saturated carbocycles. The van der Waals surface area contributed by atoms with E-state index in [4.69, 9.17) is 23.9 Å². The van der Waals surface area contributed by atoms with Gasteiger partial charge in [0.05, 0.1) is 5.69 Å². The Morgan fingerprint density at radius 1 is 0.792 bits per heavy atom. The van der Waals surface area contributed by atoms with Crippen LogP contribution in [0, 0.1) is 0 Å². The molecule has 0 bridgehead atoms. The van der Waals surface area contributed by atoms with Crippen molar-refractivity contribution < 1.29 is 18.9 Å². The molecule has 118 valence electrons. The number of aromatic nitrogens is 1. The first kappa shape index (κ1) is 12.5.